The van der Waals surface area contributed by atoms with E-state index in [1.54, 1.807) is 6.08 Å². The van der Waals surface area contributed by atoms with E-state index in [9.17, 15) is 5.11 Å². The topological polar surface area (TPSA) is 35.5 Å². The van der Waals surface area contributed by atoms with Crippen molar-refractivity contribution in [1.29, 1.82) is 0 Å². The van der Waals surface area contributed by atoms with Crippen molar-refractivity contribution in [2.24, 2.45) is 0 Å². The number of ether oxygens (including phenoxy) is 1. The van der Waals surface area contributed by atoms with E-state index in [0.717, 1.165) is 5.70 Å². The number of nitrogens with zero attached hydrogens (tertiary/aromatic N) is 1. The first kappa shape index (κ1) is 15.5. The Morgan fingerprint density at radius 3 is 2.19 bits per heavy atom. The standard InChI is InChI=1S/C12H21NO2.Li/c1-5-11(8-12(14)15-4)13-9(2)6-7-10(13)3;/h5,8-10,14H,6-7H2,1-4H3;/q;+1/p-1/b11-5-,12-8-;/t9-,10-;/m0./s1. The molecule has 1 aliphatic rings. The summed E-state index contributed by atoms with van der Waals surface area (Å²) in [5.41, 5.74) is 0.972. The van der Waals surface area contributed by atoms with Crippen LogP contribution in [-0.4, -0.2) is 24.1 Å². The summed E-state index contributed by atoms with van der Waals surface area (Å²) in [7, 11) is 1.41. The number of likely N-dealkylation sites (tertiary alicyclic amines) is 1. The van der Waals surface area contributed by atoms with E-state index in [2.05, 4.69) is 23.5 Å². The summed E-state index contributed by atoms with van der Waals surface area (Å²) in [6, 6.07) is 1.01. The predicted octanol–water partition coefficient (Wildman–Crippen LogP) is -1.38. The van der Waals surface area contributed by atoms with Gasteiger partial charge in [0, 0.05) is 17.8 Å². The average Bonchev–Trinajstić information content (AvgIpc) is 2.55. The maximum atomic E-state index is 11.2. The second kappa shape index (κ2) is 6.93. The Labute approximate surface area is 110 Å². The van der Waals surface area contributed by atoms with Gasteiger partial charge in [-0.3, -0.25) is 0 Å². The van der Waals surface area contributed by atoms with E-state index in [-0.39, 0.29) is 24.8 Å². The molecule has 0 amide bonds. The molecule has 0 aliphatic carbocycles. The van der Waals surface area contributed by atoms with Crippen molar-refractivity contribution in [3.63, 3.8) is 0 Å². The van der Waals surface area contributed by atoms with Crippen molar-refractivity contribution in [3.8, 4) is 0 Å². The molecule has 0 radical (unpaired) electrons. The summed E-state index contributed by atoms with van der Waals surface area (Å²) in [6.45, 7) is 6.34. The quantitative estimate of drug-likeness (QED) is 0.332. The number of hydrogen-bond donors (Lipinski definition) is 0. The SMILES string of the molecule is C/C=C(/C=C(/[O-])OC)N1[C@@H](C)CC[C@@H]1C.[Li+]. The summed E-state index contributed by atoms with van der Waals surface area (Å²) >= 11 is 0. The summed E-state index contributed by atoms with van der Waals surface area (Å²) in [5.74, 6) is -0.283. The van der Waals surface area contributed by atoms with E-state index in [1.165, 1.54) is 20.0 Å². The van der Waals surface area contributed by atoms with Crippen molar-refractivity contribution < 1.29 is 28.7 Å². The molecule has 3 nitrogen and oxygen atoms in total. The fourth-order valence-corrected chi connectivity index (χ4v) is 2.19. The van der Waals surface area contributed by atoms with Crippen LogP contribution in [0.3, 0.4) is 0 Å². The molecule has 0 spiro atoms. The van der Waals surface area contributed by atoms with Gasteiger partial charge in [-0.25, -0.2) is 0 Å². The second-order valence-corrected chi connectivity index (χ2v) is 4.06. The Hall–Kier alpha value is -0.523. The maximum absolute atomic E-state index is 11.2. The van der Waals surface area contributed by atoms with Crippen molar-refractivity contribution in [3.05, 3.63) is 23.8 Å². The minimum atomic E-state index is -0.283. The molecule has 0 bridgehead atoms. The zero-order chi connectivity index (χ0) is 11.4. The average molecular weight is 217 g/mol. The van der Waals surface area contributed by atoms with Crippen LogP contribution in [0.5, 0.6) is 0 Å². The third-order valence-corrected chi connectivity index (χ3v) is 3.01. The van der Waals surface area contributed by atoms with E-state index in [1.807, 2.05) is 13.0 Å². The Balaban J connectivity index is 0.00000225. The molecule has 2 atom stereocenters. The van der Waals surface area contributed by atoms with Gasteiger partial charge in [0.2, 0.25) is 0 Å². The molecule has 4 heteroatoms. The molecule has 0 N–H and O–H groups in total. The maximum Gasteiger partial charge on any atom is 1.00 e. The number of rotatable bonds is 3. The molecule has 1 aliphatic heterocycles. The van der Waals surface area contributed by atoms with Crippen LogP contribution in [-0.2, 0) is 4.74 Å². The monoisotopic (exact) mass is 217 g/mol. The Bertz CT molecular complexity index is 266. The zero-order valence-corrected chi connectivity index (χ0v) is 11.0. The van der Waals surface area contributed by atoms with Crippen molar-refractivity contribution in [1.82, 2.24) is 4.90 Å². The summed E-state index contributed by atoms with van der Waals surface area (Å²) in [4.78, 5) is 2.29. The van der Waals surface area contributed by atoms with Crippen molar-refractivity contribution in [2.45, 2.75) is 45.7 Å². The molecule has 0 aromatic rings. The fraction of sp³-hybridized carbons (Fsp3) is 0.667. The van der Waals surface area contributed by atoms with Gasteiger partial charge in [-0.15, -0.1) is 0 Å². The molecule has 1 rings (SSSR count). The van der Waals surface area contributed by atoms with Gasteiger partial charge in [0.15, 0.2) is 0 Å². The van der Waals surface area contributed by atoms with Gasteiger partial charge in [-0.05, 0) is 46.8 Å². The van der Waals surface area contributed by atoms with Gasteiger partial charge in [0.25, 0.3) is 0 Å². The van der Waals surface area contributed by atoms with E-state index < -0.39 is 0 Å². The van der Waals surface area contributed by atoms with Crippen LogP contribution < -0.4 is 24.0 Å². The molecule has 1 fully saturated rings. The molecule has 86 valence electrons. The van der Waals surface area contributed by atoms with Crippen molar-refractivity contribution >= 4 is 0 Å². The van der Waals surface area contributed by atoms with Gasteiger partial charge < -0.3 is 14.7 Å². The first-order valence-electron chi connectivity index (χ1n) is 5.47. The predicted molar refractivity (Wildman–Crippen MR) is 58.8 cm³/mol. The molecule has 0 aromatic carbocycles. The van der Waals surface area contributed by atoms with Crippen LogP contribution in [0, 0.1) is 0 Å². The van der Waals surface area contributed by atoms with Gasteiger partial charge >= 0.3 is 18.9 Å². The van der Waals surface area contributed by atoms with E-state index in [4.69, 9.17) is 0 Å². The van der Waals surface area contributed by atoms with Crippen molar-refractivity contribution in [2.75, 3.05) is 7.11 Å². The van der Waals surface area contributed by atoms with Crippen LogP contribution in [0.4, 0.5) is 0 Å². The normalized spacial score (nSPS) is 26.6. The number of allylic oxidation sites excluding steroid dienone is 2. The van der Waals surface area contributed by atoms with Crippen LogP contribution in [0.1, 0.15) is 33.6 Å². The molecular weight excluding hydrogens is 197 g/mol. The van der Waals surface area contributed by atoms with Crippen LogP contribution >= 0.6 is 0 Å². The molecule has 0 aromatic heterocycles. The smallest absolute Gasteiger partial charge is 0.616 e. The van der Waals surface area contributed by atoms with Crippen LogP contribution in [0.25, 0.3) is 0 Å². The minimum Gasteiger partial charge on any atom is -0.616 e. The second-order valence-electron chi connectivity index (χ2n) is 4.06. The zero-order valence-electron chi connectivity index (χ0n) is 11.0. The van der Waals surface area contributed by atoms with Gasteiger partial charge in [0.05, 0.1) is 5.95 Å². The number of hydrogen-bond acceptors (Lipinski definition) is 3. The summed E-state index contributed by atoms with van der Waals surface area (Å²) in [5, 5.41) is 11.2. The van der Waals surface area contributed by atoms with Crippen LogP contribution in [0.15, 0.2) is 23.8 Å². The van der Waals surface area contributed by atoms with Gasteiger partial charge in [-0.1, -0.05) is 6.08 Å². The summed E-state index contributed by atoms with van der Waals surface area (Å²) < 4.78 is 4.65. The first-order valence-corrected chi connectivity index (χ1v) is 5.47. The fourth-order valence-electron chi connectivity index (χ4n) is 2.19. The van der Waals surface area contributed by atoms with E-state index >= 15 is 0 Å². The molecule has 1 heterocycles. The molecule has 0 saturated carbocycles. The summed E-state index contributed by atoms with van der Waals surface area (Å²) in [6.07, 6.45) is 5.91. The van der Waals surface area contributed by atoms with Crippen LogP contribution in [0.2, 0.25) is 0 Å². The van der Waals surface area contributed by atoms with Gasteiger partial charge in [-0.2, -0.15) is 0 Å². The minimum absolute atomic E-state index is 0. The first-order chi connectivity index (χ1) is 7.10. The molecule has 0 unspecified atom stereocenters. The molecule has 16 heavy (non-hydrogen) atoms. The largest absolute Gasteiger partial charge is 1.00 e. The Kier molecular flexibility index (Phi) is 6.71. The third kappa shape index (κ3) is 3.50. The molecular formula is C12H20LiNO2. The van der Waals surface area contributed by atoms with Gasteiger partial charge in [0.1, 0.15) is 0 Å². The molecule has 1 saturated heterocycles. The number of methoxy groups -OCH3 is 1. The Morgan fingerprint density at radius 2 is 1.81 bits per heavy atom. The van der Waals surface area contributed by atoms with E-state index in [0.29, 0.717) is 12.1 Å². The third-order valence-electron chi connectivity index (χ3n) is 3.01. The Morgan fingerprint density at radius 1 is 1.31 bits per heavy atom.